The first-order valence-corrected chi connectivity index (χ1v) is 8.87. The second-order valence-electron chi connectivity index (χ2n) is 6.33. The number of hydrogen-bond donors (Lipinski definition) is 1. The van der Waals surface area contributed by atoms with E-state index in [4.69, 9.17) is 4.74 Å². The van der Waals surface area contributed by atoms with E-state index in [0.29, 0.717) is 17.9 Å². The zero-order valence-corrected chi connectivity index (χ0v) is 15.1. The Morgan fingerprint density at radius 3 is 2.73 bits per heavy atom. The fourth-order valence-electron chi connectivity index (χ4n) is 3.15. The molecule has 26 heavy (non-hydrogen) atoms. The minimum atomic E-state index is -0.0884. The highest BCUT2D eigenvalue weighted by atomic mass is 16.5. The Labute approximate surface area is 152 Å². The lowest BCUT2D eigenvalue weighted by molar-refractivity contribution is 0.0930. The molecule has 1 aliphatic heterocycles. The second-order valence-corrected chi connectivity index (χ2v) is 6.33. The number of piperidine rings is 1. The van der Waals surface area contributed by atoms with Gasteiger partial charge in [-0.15, -0.1) is 0 Å². The molecule has 3 rings (SSSR count). The average Bonchev–Trinajstić information content (AvgIpc) is 2.68. The molecule has 1 amide bonds. The number of benzene rings is 1. The van der Waals surface area contributed by atoms with Crippen LogP contribution in [-0.4, -0.2) is 41.9 Å². The Morgan fingerprint density at radius 2 is 2.08 bits per heavy atom. The van der Waals surface area contributed by atoms with Crippen molar-refractivity contribution in [2.24, 2.45) is 0 Å². The Hall–Kier alpha value is -2.83. The first-order chi connectivity index (χ1) is 12.6. The van der Waals surface area contributed by atoms with Crippen LogP contribution in [0.5, 0.6) is 5.75 Å². The van der Waals surface area contributed by atoms with Gasteiger partial charge in [0.25, 0.3) is 11.5 Å². The number of hydrogen-bond acceptors (Lipinski definition) is 5. The number of nitrogens with zero attached hydrogens (tertiary/aromatic N) is 3. The largest absolute Gasteiger partial charge is 0.497 e. The van der Waals surface area contributed by atoms with E-state index in [1.807, 2.05) is 19.1 Å². The van der Waals surface area contributed by atoms with E-state index >= 15 is 0 Å². The lowest BCUT2D eigenvalue weighted by Gasteiger charge is -2.33. The quantitative estimate of drug-likeness (QED) is 0.882. The molecule has 1 saturated heterocycles. The van der Waals surface area contributed by atoms with Gasteiger partial charge in [-0.1, -0.05) is 6.07 Å². The van der Waals surface area contributed by atoms with Crippen molar-refractivity contribution in [1.29, 1.82) is 0 Å². The van der Waals surface area contributed by atoms with Crippen molar-refractivity contribution >= 4 is 11.6 Å². The van der Waals surface area contributed by atoms with Gasteiger partial charge >= 0.3 is 0 Å². The summed E-state index contributed by atoms with van der Waals surface area (Å²) in [6.07, 6.45) is 3.39. The lowest BCUT2D eigenvalue weighted by Crippen LogP contribution is -2.45. The molecule has 2 aromatic rings. The van der Waals surface area contributed by atoms with Crippen LogP contribution in [0.2, 0.25) is 0 Å². The van der Waals surface area contributed by atoms with Crippen LogP contribution in [0.3, 0.4) is 0 Å². The van der Waals surface area contributed by atoms with Crippen LogP contribution in [0, 0.1) is 0 Å². The number of methoxy groups -OCH3 is 1. The zero-order chi connectivity index (χ0) is 18.5. The summed E-state index contributed by atoms with van der Waals surface area (Å²) >= 11 is 0. The number of anilines is 1. The molecule has 1 aromatic heterocycles. The van der Waals surface area contributed by atoms with Gasteiger partial charge in [-0.05, 0) is 38.0 Å². The van der Waals surface area contributed by atoms with E-state index < -0.39 is 0 Å². The highest BCUT2D eigenvalue weighted by Crippen LogP contribution is 2.18. The van der Waals surface area contributed by atoms with Crippen molar-refractivity contribution in [3.8, 4) is 5.75 Å². The first kappa shape index (κ1) is 18.0. The first-order valence-electron chi connectivity index (χ1n) is 8.87. The van der Waals surface area contributed by atoms with Crippen molar-refractivity contribution in [2.45, 2.75) is 32.4 Å². The van der Waals surface area contributed by atoms with Crippen molar-refractivity contribution in [2.75, 3.05) is 25.1 Å². The van der Waals surface area contributed by atoms with Crippen molar-refractivity contribution < 1.29 is 9.53 Å². The Bertz CT molecular complexity index is 826. The summed E-state index contributed by atoms with van der Waals surface area (Å²) in [7, 11) is 1.58. The van der Waals surface area contributed by atoms with Crippen LogP contribution >= 0.6 is 0 Å². The summed E-state index contributed by atoms with van der Waals surface area (Å²) in [6, 6.07) is 8.89. The van der Waals surface area contributed by atoms with Gasteiger partial charge in [-0.2, -0.15) is 5.10 Å². The fraction of sp³-hybridized carbons (Fsp3) is 0.421. The molecule has 7 nitrogen and oxygen atoms in total. The van der Waals surface area contributed by atoms with E-state index in [9.17, 15) is 9.59 Å². The average molecular weight is 356 g/mol. The standard InChI is InChI=1S/C19H24N4O3/c1-3-23-18(24)12-16(13-20-23)22-9-7-15(8-10-22)21-19(25)14-5-4-6-17(11-14)26-2/h4-6,11-13,15H,3,7-10H2,1-2H3,(H,21,25). The summed E-state index contributed by atoms with van der Waals surface area (Å²) in [4.78, 5) is 26.5. The molecule has 0 spiro atoms. The maximum absolute atomic E-state index is 12.4. The molecule has 0 bridgehead atoms. The highest BCUT2D eigenvalue weighted by molar-refractivity contribution is 5.94. The van der Waals surface area contributed by atoms with Crippen LogP contribution in [-0.2, 0) is 6.54 Å². The normalized spacial score (nSPS) is 14.9. The molecule has 138 valence electrons. The maximum Gasteiger partial charge on any atom is 0.268 e. The molecule has 0 atom stereocenters. The maximum atomic E-state index is 12.4. The summed E-state index contributed by atoms with van der Waals surface area (Å²) in [5, 5.41) is 7.26. The molecule has 0 radical (unpaired) electrons. The number of carbonyl (C=O) groups excluding carboxylic acids is 1. The van der Waals surface area contributed by atoms with Crippen LogP contribution < -0.4 is 20.5 Å². The van der Waals surface area contributed by atoms with Gasteiger partial charge < -0.3 is 15.0 Å². The van der Waals surface area contributed by atoms with E-state index in [1.54, 1.807) is 31.5 Å². The number of aromatic nitrogens is 2. The molecule has 7 heteroatoms. The van der Waals surface area contributed by atoms with Crippen LogP contribution in [0.25, 0.3) is 0 Å². The Kier molecular flexibility index (Phi) is 5.55. The number of aryl methyl sites for hydroxylation is 1. The Morgan fingerprint density at radius 1 is 1.31 bits per heavy atom. The Balaban J connectivity index is 1.57. The summed E-state index contributed by atoms with van der Waals surface area (Å²) in [5.74, 6) is 0.580. The highest BCUT2D eigenvalue weighted by Gasteiger charge is 2.22. The van der Waals surface area contributed by atoms with E-state index in [-0.39, 0.29) is 17.5 Å². The number of amides is 1. The fourth-order valence-corrected chi connectivity index (χ4v) is 3.15. The summed E-state index contributed by atoms with van der Waals surface area (Å²) in [5.41, 5.74) is 1.36. The predicted molar refractivity (Wildman–Crippen MR) is 99.9 cm³/mol. The molecule has 1 aliphatic rings. The van der Waals surface area contributed by atoms with Gasteiger partial charge in [0.1, 0.15) is 5.75 Å². The molecular weight excluding hydrogens is 332 g/mol. The molecule has 2 heterocycles. The zero-order valence-electron chi connectivity index (χ0n) is 15.1. The third-order valence-corrected chi connectivity index (χ3v) is 4.68. The van der Waals surface area contributed by atoms with Gasteiger partial charge in [-0.3, -0.25) is 9.59 Å². The van der Waals surface area contributed by atoms with E-state index in [2.05, 4.69) is 15.3 Å². The second kappa shape index (κ2) is 8.03. The van der Waals surface area contributed by atoms with Crippen LogP contribution in [0.15, 0.2) is 41.3 Å². The third kappa shape index (κ3) is 4.04. The molecule has 0 unspecified atom stereocenters. The van der Waals surface area contributed by atoms with Gasteiger partial charge in [0.2, 0.25) is 0 Å². The molecular formula is C19H24N4O3. The van der Waals surface area contributed by atoms with Gasteiger partial charge in [0.15, 0.2) is 0 Å². The molecule has 0 saturated carbocycles. The number of ether oxygens (including phenoxy) is 1. The van der Waals surface area contributed by atoms with Gasteiger partial charge in [-0.25, -0.2) is 4.68 Å². The summed E-state index contributed by atoms with van der Waals surface area (Å²) < 4.78 is 6.60. The van der Waals surface area contributed by atoms with Crippen LogP contribution in [0.4, 0.5) is 5.69 Å². The van der Waals surface area contributed by atoms with Crippen LogP contribution in [0.1, 0.15) is 30.1 Å². The van der Waals surface area contributed by atoms with Crippen molar-refractivity contribution in [3.05, 3.63) is 52.4 Å². The number of nitrogens with one attached hydrogen (secondary N) is 1. The van der Waals surface area contributed by atoms with Crippen molar-refractivity contribution in [1.82, 2.24) is 15.1 Å². The van der Waals surface area contributed by atoms with E-state index in [0.717, 1.165) is 31.6 Å². The van der Waals surface area contributed by atoms with E-state index in [1.165, 1.54) is 4.68 Å². The minimum absolute atomic E-state index is 0.0848. The monoisotopic (exact) mass is 356 g/mol. The molecule has 1 aromatic carbocycles. The molecule has 1 N–H and O–H groups in total. The summed E-state index contributed by atoms with van der Waals surface area (Å²) in [6.45, 7) is 4.02. The minimum Gasteiger partial charge on any atom is -0.497 e. The smallest absolute Gasteiger partial charge is 0.268 e. The predicted octanol–water partition coefficient (Wildman–Crippen LogP) is 1.67. The lowest BCUT2D eigenvalue weighted by atomic mass is 10.0. The third-order valence-electron chi connectivity index (χ3n) is 4.68. The SMILES string of the molecule is CCn1ncc(N2CCC(NC(=O)c3cccc(OC)c3)CC2)cc1=O. The van der Waals surface area contributed by atoms with Crippen molar-refractivity contribution in [3.63, 3.8) is 0 Å². The van der Waals surface area contributed by atoms with Gasteiger partial charge in [0, 0.05) is 37.3 Å². The van der Waals surface area contributed by atoms with Gasteiger partial charge in [0.05, 0.1) is 19.0 Å². The number of rotatable bonds is 5. The number of carbonyl (C=O) groups is 1. The topological polar surface area (TPSA) is 76.5 Å². The molecule has 0 aliphatic carbocycles. The molecule has 1 fully saturated rings.